The maximum Gasteiger partial charge on any atom is 0.338 e. The third-order valence-corrected chi connectivity index (χ3v) is 6.54. The van der Waals surface area contributed by atoms with Gasteiger partial charge in [-0.15, -0.1) is 0 Å². The van der Waals surface area contributed by atoms with Gasteiger partial charge < -0.3 is 19.5 Å². The van der Waals surface area contributed by atoms with E-state index in [-0.39, 0.29) is 24.2 Å². The molecular weight excluding hydrogens is 370 g/mol. The van der Waals surface area contributed by atoms with E-state index in [0.717, 1.165) is 37.0 Å². The molecule has 0 aromatic heterocycles. The Morgan fingerprint density at radius 3 is 2.24 bits per heavy atom. The van der Waals surface area contributed by atoms with Gasteiger partial charge in [-0.25, -0.2) is 4.79 Å². The van der Waals surface area contributed by atoms with Gasteiger partial charge in [-0.05, 0) is 88.3 Å². The third-order valence-electron chi connectivity index (χ3n) is 6.54. The lowest BCUT2D eigenvalue weighted by molar-refractivity contribution is -0.130. The SMILES string of the molecule is COc1cc(C(=O)OCC(=O)NC23CC4CC(CC(C4)C2)C3)ccc1OC(C)C. The molecule has 0 unspecified atom stereocenters. The zero-order valence-corrected chi connectivity index (χ0v) is 17.5. The highest BCUT2D eigenvalue weighted by Gasteiger charge is 2.51. The molecule has 0 aliphatic heterocycles. The van der Waals surface area contributed by atoms with Crippen molar-refractivity contribution in [2.45, 2.75) is 64.0 Å². The maximum absolute atomic E-state index is 12.5. The zero-order chi connectivity index (χ0) is 20.6. The van der Waals surface area contributed by atoms with E-state index in [1.165, 1.54) is 26.4 Å². The van der Waals surface area contributed by atoms with Crippen molar-refractivity contribution in [1.82, 2.24) is 5.32 Å². The van der Waals surface area contributed by atoms with Crippen LogP contribution in [-0.4, -0.2) is 37.2 Å². The number of hydrogen-bond donors (Lipinski definition) is 1. The Hall–Kier alpha value is -2.24. The number of hydrogen-bond acceptors (Lipinski definition) is 5. The Morgan fingerprint density at radius 2 is 1.69 bits per heavy atom. The molecule has 4 bridgehead atoms. The van der Waals surface area contributed by atoms with Gasteiger partial charge in [0.05, 0.1) is 18.8 Å². The quantitative estimate of drug-likeness (QED) is 0.705. The summed E-state index contributed by atoms with van der Waals surface area (Å²) < 4.78 is 16.2. The lowest BCUT2D eigenvalue weighted by Crippen LogP contribution is -2.60. The standard InChI is InChI=1S/C23H31NO5/c1-14(2)29-19-5-4-18(9-20(19)27-3)22(26)28-13-21(25)24-23-10-15-6-16(11-23)8-17(7-15)12-23/h4-5,9,14-17H,6-8,10-13H2,1-3H3,(H,24,25). The topological polar surface area (TPSA) is 73.9 Å². The first-order valence-electron chi connectivity index (χ1n) is 10.7. The third kappa shape index (κ3) is 4.36. The highest BCUT2D eigenvalue weighted by atomic mass is 16.5. The highest BCUT2D eigenvalue weighted by Crippen LogP contribution is 2.55. The molecule has 4 fully saturated rings. The van der Waals surface area contributed by atoms with Gasteiger partial charge in [-0.3, -0.25) is 4.79 Å². The molecule has 158 valence electrons. The minimum Gasteiger partial charge on any atom is -0.493 e. The minimum absolute atomic E-state index is 0.00465. The van der Waals surface area contributed by atoms with Crippen molar-refractivity contribution in [2.24, 2.45) is 17.8 Å². The van der Waals surface area contributed by atoms with Crippen molar-refractivity contribution in [3.05, 3.63) is 23.8 Å². The number of carbonyl (C=O) groups excluding carboxylic acids is 2. The molecule has 0 saturated heterocycles. The number of amides is 1. The Kier molecular flexibility index (Phi) is 5.45. The molecule has 0 heterocycles. The van der Waals surface area contributed by atoms with Crippen LogP contribution in [0.3, 0.4) is 0 Å². The Labute approximate surface area is 172 Å². The van der Waals surface area contributed by atoms with Gasteiger partial charge in [0.2, 0.25) is 0 Å². The smallest absolute Gasteiger partial charge is 0.338 e. The first kappa shape index (κ1) is 20.0. The normalized spacial score (nSPS) is 29.6. The van der Waals surface area contributed by atoms with E-state index in [0.29, 0.717) is 17.1 Å². The molecule has 1 aromatic carbocycles. The van der Waals surface area contributed by atoms with Crippen LogP contribution in [0, 0.1) is 17.8 Å². The first-order chi connectivity index (χ1) is 13.9. The average Bonchev–Trinajstić information content (AvgIpc) is 2.64. The number of esters is 1. The van der Waals surface area contributed by atoms with Crippen LogP contribution in [0.25, 0.3) is 0 Å². The largest absolute Gasteiger partial charge is 0.493 e. The predicted molar refractivity (Wildman–Crippen MR) is 108 cm³/mol. The highest BCUT2D eigenvalue weighted by molar-refractivity contribution is 5.92. The van der Waals surface area contributed by atoms with E-state index >= 15 is 0 Å². The molecule has 1 amide bonds. The molecule has 6 heteroatoms. The molecule has 1 aromatic rings. The Balaban J connectivity index is 1.33. The number of methoxy groups -OCH3 is 1. The molecular formula is C23H31NO5. The van der Waals surface area contributed by atoms with Gasteiger partial charge in [-0.1, -0.05) is 0 Å². The molecule has 4 saturated carbocycles. The van der Waals surface area contributed by atoms with Gasteiger partial charge >= 0.3 is 5.97 Å². The molecule has 0 atom stereocenters. The summed E-state index contributed by atoms with van der Waals surface area (Å²) in [5.41, 5.74) is 0.262. The Bertz CT molecular complexity index is 752. The second kappa shape index (κ2) is 7.88. The monoisotopic (exact) mass is 401 g/mol. The number of carbonyl (C=O) groups is 2. The molecule has 5 rings (SSSR count). The fraction of sp³-hybridized carbons (Fsp3) is 0.652. The molecule has 29 heavy (non-hydrogen) atoms. The van der Waals surface area contributed by atoms with Crippen LogP contribution >= 0.6 is 0 Å². The van der Waals surface area contributed by atoms with Gasteiger partial charge in [-0.2, -0.15) is 0 Å². The maximum atomic E-state index is 12.5. The van der Waals surface area contributed by atoms with Crippen LogP contribution in [0.5, 0.6) is 11.5 Å². The van der Waals surface area contributed by atoms with E-state index in [2.05, 4.69) is 5.32 Å². The van der Waals surface area contributed by atoms with Crippen LogP contribution in [0.2, 0.25) is 0 Å². The summed E-state index contributed by atoms with van der Waals surface area (Å²) >= 11 is 0. The minimum atomic E-state index is -0.542. The summed E-state index contributed by atoms with van der Waals surface area (Å²) in [6, 6.07) is 4.89. The van der Waals surface area contributed by atoms with Crippen LogP contribution < -0.4 is 14.8 Å². The fourth-order valence-corrected chi connectivity index (χ4v) is 5.96. The number of benzene rings is 1. The molecule has 4 aliphatic rings. The molecule has 0 radical (unpaired) electrons. The van der Waals surface area contributed by atoms with Crippen molar-refractivity contribution >= 4 is 11.9 Å². The van der Waals surface area contributed by atoms with Crippen LogP contribution in [-0.2, 0) is 9.53 Å². The van der Waals surface area contributed by atoms with Crippen molar-refractivity contribution in [1.29, 1.82) is 0 Å². The lowest BCUT2D eigenvalue weighted by atomic mass is 9.53. The molecule has 6 nitrogen and oxygen atoms in total. The van der Waals surface area contributed by atoms with Crippen molar-refractivity contribution in [2.75, 3.05) is 13.7 Å². The number of ether oxygens (including phenoxy) is 3. The van der Waals surface area contributed by atoms with Crippen LogP contribution in [0.15, 0.2) is 18.2 Å². The van der Waals surface area contributed by atoms with Gasteiger partial charge in [0.25, 0.3) is 5.91 Å². The van der Waals surface area contributed by atoms with Crippen LogP contribution in [0.1, 0.15) is 62.7 Å². The van der Waals surface area contributed by atoms with Crippen molar-refractivity contribution < 1.29 is 23.8 Å². The molecule has 1 N–H and O–H groups in total. The van der Waals surface area contributed by atoms with Gasteiger partial charge in [0, 0.05) is 5.54 Å². The lowest BCUT2D eigenvalue weighted by Gasteiger charge is -2.56. The predicted octanol–water partition coefficient (Wildman–Crippen LogP) is 3.72. The molecule has 0 spiro atoms. The van der Waals surface area contributed by atoms with Crippen LogP contribution in [0.4, 0.5) is 0 Å². The summed E-state index contributed by atoms with van der Waals surface area (Å²) in [7, 11) is 1.52. The van der Waals surface area contributed by atoms with E-state index < -0.39 is 5.97 Å². The summed E-state index contributed by atoms with van der Waals surface area (Å²) in [5, 5.41) is 3.22. The van der Waals surface area contributed by atoms with Gasteiger partial charge in [0.15, 0.2) is 18.1 Å². The average molecular weight is 402 g/mol. The second-order valence-electron chi connectivity index (χ2n) is 9.35. The fourth-order valence-electron chi connectivity index (χ4n) is 5.96. The summed E-state index contributed by atoms with van der Waals surface area (Å²) in [6.07, 6.45) is 7.19. The van der Waals surface area contributed by atoms with E-state index in [1.807, 2.05) is 13.8 Å². The second-order valence-corrected chi connectivity index (χ2v) is 9.35. The van der Waals surface area contributed by atoms with E-state index in [4.69, 9.17) is 14.2 Å². The summed E-state index contributed by atoms with van der Waals surface area (Å²) in [5.74, 6) is 2.55. The van der Waals surface area contributed by atoms with Gasteiger partial charge in [0.1, 0.15) is 0 Å². The Morgan fingerprint density at radius 1 is 1.07 bits per heavy atom. The first-order valence-corrected chi connectivity index (χ1v) is 10.7. The summed E-state index contributed by atoms with van der Waals surface area (Å²) in [4.78, 5) is 24.9. The zero-order valence-electron chi connectivity index (χ0n) is 17.5. The summed E-state index contributed by atoms with van der Waals surface area (Å²) in [6.45, 7) is 3.58. The molecule has 4 aliphatic carbocycles. The number of rotatable bonds is 7. The number of nitrogens with one attached hydrogen (secondary N) is 1. The van der Waals surface area contributed by atoms with E-state index in [9.17, 15) is 9.59 Å². The van der Waals surface area contributed by atoms with E-state index in [1.54, 1.807) is 18.2 Å². The van der Waals surface area contributed by atoms with Crippen molar-refractivity contribution in [3.8, 4) is 11.5 Å². The van der Waals surface area contributed by atoms with Crippen molar-refractivity contribution in [3.63, 3.8) is 0 Å².